The maximum Gasteiger partial charge on any atom is 0.245 e. The monoisotopic (exact) mass is 1450 g/mol. The number of phenols is 3. The average molecular weight is 1450 g/mol. The number of fused-ring (bicyclic) bond motifs is 1. The second-order valence-electron chi connectivity index (χ2n) is 24.7. The van der Waals surface area contributed by atoms with Crippen molar-refractivity contribution in [1.82, 2.24) is 68.8 Å². The number of nitrogens with two attached hydrogens (primary N) is 4. The Kier molecular flexibility index (Phi) is 33.5. The van der Waals surface area contributed by atoms with E-state index in [1.165, 1.54) is 79.7 Å². The van der Waals surface area contributed by atoms with Crippen molar-refractivity contribution in [2.75, 3.05) is 32.8 Å². The van der Waals surface area contributed by atoms with Gasteiger partial charge in [0.15, 0.2) is 11.9 Å². The highest BCUT2D eigenvalue weighted by Gasteiger charge is 2.37. The highest BCUT2D eigenvalue weighted by Crippen LogP contribution is 2.21. The number of benzene rings is 4. The molecule has 11 amide bonds. The Balaban J connectivity index is 1.38. The molecule has 104 heavy (non-hydrogen) atoms. The van der Waals surface area contributed by atoms with Crippen LogP contribution in [0.15, 0.2) is 103 Å². The van der Waals surface area contributed by atoms with Crippen molar-refractivity contribution in [2.45, 2.75) is 151 Å². The first-order valence-corrected chi connectivity index (χ1v) is 33.4. The minimum absolute atomic E-state index is 0.0168. The Morgan fingerprint density at radius 2 is 0.779 bits per heavy atom. The summed E-state index contributed by atoms with van der Waals surface area (Å²) in [6, 6.07) is 7.86. The molecule has 1 heterocycles. The fourth-order valence-electron chi connectivity index (χ4n) is 10.8. The number of aliphatic hydroxyl groups is 3. The van der Waals surface area contributed by atoms with Crippen LogP contribution in [-0.4, -0.2) is 212 Å². The fourth-order valence-corrected chi connectivity index (χ4v) is 10.8. The molecule has 0 saturated heterocycles. The van der Waals surface area contributed by atoms with Crippen molar-refractivity contribution in [3.8, 4) is 17.2 Å². The summed E-state index contributed by atoms with van der Waals surface area (Å²) < 4.78 is 0. The second-order valence-corrected chi connectivity index (χ2v) is 24.7. The Hall–Kier alpha value is -11.6. The average Bonchev–Trinajstić information content (AvgIpc) is 1.59. The molecule has 5 rings (SSSR count). The summed E-state index contributed by atoms with van der Waals surface area (Å²) in [6.07, 6.45) is -0.942. The molecular weight excluding hydrogens is 1350 g/mol. The molecule has 0 aliphatic heterocycles. The smallest absolute Gasteiger partial charge is 0.245 e. The number of aromatic hydroxyl groups is 3. The van der Waals surface area contributed by atoms with E-state index in [-0.39, 0.29) is 101 Å². The molecule has 5 aromatic rings. The summed E-state index contributed by atoms with van der Waals surface area (Å²) in [5.41, 5.74) is 25.0. The van der Waals surface area contributed by atoms with Crippen molar-refractivity contribution in [3.63, 3.8) is 0 Å². The summed E-state index contributed by atoms with van der Waals surface area (Å²) in [5, 5.41) is 108. The first kappa shape index (κ1) is 83.0. The number of phenolic OH excluding ortho intramolecular Hbond substituents is 3. The van der Waals surface area contributed by atoms with Gasteiger partial charge in [0.05, 0.1) is 19.3 Å². The third-order valence-electron chi connectivity index (χ3n) is 16.4. The lowest BCUT2D eigenvalue weighted by Crippen LogP contribution is -2.63. The van der Waals surface area contributed by atoms with Crippen LogP contribution in [-0.2, 0) is 78.4 Å². The van der Waals surface area contributed by atoms with Gasteiger partial charge in [-0.1, -0.05) is 54.6 Å². The molecule has 0 aliphatic carbocycles. The van der Waals surface area contributed by atoms with Crippen LogP contribution in [0.1, 0.15) is 81.0 Å². The zero-order valence-electron chi connectivity index (χ0n) is 57.5. The molecule has 36 heteroatoms. The molecule has 11 atom stereocenters. The van der Waals surface area contributed by atoms with Crippen LogP contribution in [0.3, 0.4) is 0 Å². The van der Waals surface area contributed by atoms with Gasteiger partial charge in [-0.25, -0.2) is 0 Å². The van der Waals surface area contributed by atoms with Crippen molar-refractivity contribution >= 4 is 87.8 Å². The van der Waals surface area contributed by atoms with Crippen molar-refractivity contribution in [1.29, 1.82) is 10.8 Å². The topological polar surface area (TPSA) is 621 Å². The number of aromatic amines is 1. The quantitative estimate of drug-likeness (QED) is 0.00986. The van der Waals surface area contributed by atoms with Gasteiger partial charge in [-0.05, 0) is 123 Å². The van der Waals surface area contributed by atoms with E-state index in [9.17, 15) is 83.4 Å². The van der Waals surface area contributed by atoms with Gasteiger partial charge in [0.25, 0.3) is 0 Å². The number of aliphatic hydroxyl groups excluding tert-OH is 3. The van der Waals surface area contributed by atoms with Gasteiger partial charge >= 0.3 is 0 Å². The van der Waals surface area contributed by atoms with Crippen LogP contribution in [0, 0.1) is 10.8 Å². The molecule has 564 valence electrons. The van der Waals surface area contributed by atoms with Gasteiger partial charge in [-0.15, -0.1) is 0 Å². The number of carbonyl (C=O) groups is 11. The zero-order chi connectivity index (χ0) is 76.6. The second kappa shape index (κ2) is 42.0. The number of hydrogen-bond donors (Lipinski definition) is 25. The van der Waals surface area contributed by atoms with Crippen LogP contribution in [0.4, 0.5) is 0 Å². The third kappa shape index (κ3) is 27.7. The summed E-state index contributed by atoms with van der Waals surface area (Å²) >= 11 is 0. The lowest BCUT2D eigenvalue weighted by molar-refractivity contribution is -0.137. The van der Waals surface area contributed by atoms with Crippen LogP contribution >= 0.6 is 0 Å². The number of hydrogen-bond acceptors (Lipinski definition) is 20. The highest BCUT2D eigenvalue weighted by atomic mass is 16.3. The Bertz CT molecular complexity index is 3750. The first-order valence-electron chi connectivity index (χ1n) is 33.4. The number of H-pyrrole nitrogens is 1. The number of amides is 11. The predicted octanol–water partition coefficient (Wildman–Crippen LogP) is -5.07. The lowest BCUT2D eigenvalue weighted by atomic mass is 10.0. The normalized spacial score (nSPS) is 14.2. The standard InChI is InChI=1S/C68H95N19O17/c1-36(90)56(66(104)86-55(35-89)65(103)84-53(32-41-33-77-46-10-4-3-9-45(41)46)62(100)82-50(57(70)95)29-38-14-20-42(92)21-15-38)87-63(101)52(31-40-18-24-44(94)25-19-40)83-59(97)47(11-5-6-26-69)79-58(96)48(12-7-27-75-67(71)72)81-64(102)54(34-88)85-60(98)49(13-8-28-76-68(73)74)80-61(99)51(78-37(2)91)30-39-16-22-43(93)23-17-39/h3-4,9-10,14-25,33,36,47-56,77,88-90,92-94H,5-8,11-13,26-32,34-35,69H2,1-2H3,(H2,70,95)(H,78,91)(H,79,96)(H,80,99)(H,81,102)(H,82,100)(H,83,97)(H,84,103)(H,85,98)(H,86,104)(H,87,101)(H4,71,72,75)(H4,73,74,76)/t36-,47+,48+,49+,50+,51+,52+,53+,54+,55+,56+/m1/s1. The van der Waals surface area contributed by atoms with Gasteiger partial charge in [0.1, 0.15) is 77.7 Å². The molecule has 1 aromatic heterocycles. The zero-order valence-corrected chi connectivity index (χ0v) is 57.5. The number of rotatable bonds is 43. The maximum absolute atomic E-state index is 14.7. The Labute approximate surface area is 598 Å². The van der Waals surface area contributed by atoms with E-state index in [1.54, 1.807) is 30.5 Å². The van der Waals surface area contributed by atoms with Gasteiger partial charge in [-0.3, -0.25) is 63.6 Å². The summed E-state index contributed by atoms with van der Waals surface area (Å²) in [7, 11) is 0. The summed E-state index contributed by atoms with van der Waals surface area (Å²) in [5.74, 6) is -12.1. The van der Waals surface area contributed by atoms with Crippen LogP contribution in [0.5, 0.6) is 17.2 Å². The first-order chi connectivity index (χ1) is 49.5. The number of unbranched alkanes of at least 4 members (excludes halogenated alkanes) is 1. The molecule has 0 bridgehead atoms. The van der Waals surface area contributed by atoms with Crippen LogP contribution in [0.25, 0.3) is 10.9 Å². The summed E-state index contributed by atoms with van der Waals surface area (Å²) in [4.78, 5) is 157. The number of aromatic nitrogens is 1. The van der Waals surface area contributed by atoms with Gasteiger partial charge in [0.2, 0.25) is 65.0 Å². The molecule has 4 aromatic carbocycles. The highest BCUT2D eigenvalue weighted by molar-refractivity contribution is 5.99. The maximum atomic E-state index is 14.7. The van der Waals surface area contributed by atoms with Crippen LogP contribution in [0.2, 0.25) is 0 Å². The Morgan fingerprint density at radius 1 is 0.433 bits per heavy atom. The van der Waals surface area contributed by atoms with Crippen LogP contribution < -0.4 is 86.7 Å². The van der Waals surface area contributed by atoms with Gasteiger partial charge in [-0.2, -0.15) is 0 Å². The van der Waals surface area contributed by atoms with E-state index in [0.29, 0.717) is 39.6 Å². The van der Waals surface area contributed by atoms with E-state index in [0.717, 1.165) is 6.92 Å². The summed E-state index contributed by atoms with van der Waals surface area (Å²) in [6.45, 7) is 0.232. The van der Waals surface area contributed by atoms with Crippen molar-refractivity contribution < 1.29 is 83.4 Å². The number of primary amides is 1. The van der Waals surface area contributed by atoms with Crippen molar-refractivity contribution in [3.05, 3.63) is 126 Å². The number of para-hydroxylation sites is 1. The third-order valence-corrected chi connectivity index (χ3v) is 16.4. The SMILES string of the molecule is CC(=O)N[C@@H](Cc1ccc(O)cc1)C(=O)N[C@@H](CCCNC(=N)N)C(=O)N[C@@H](CO)C(=O)N[C@@H](CCCNC(=N)N)C(=O)N[C@@H](CCCCN)C(=O)N[C@@H](Cc1ccc(O)cc1)C(=O)N[C@H](C(=O)N[C@@H](CO)C(=O)N[C@@H](Cc1c[nH]c2ccccc12)C(=O)N[C@@H](Cc1ccc(O)cc1)C(N)=O)[C@@H](C)O. The molecule has 0 saturated carbocycles. The molecule has 29 N–H and O–H groups in total. The van der Waals surface area contributed by atoms with Gasteiger partial charge < -0.3 is 122 Å². The molecule has 0 unspecified atom stereocenters. The predicted molar refractivity (Wildman–Crippen MR) is 379 cm³/mol. The number of carbonyl (C=O) groups excluding carboxylic acids is 11. The molecule has 0 radical (unpaired) electrons. The van der Waals surface area contributed by atoms with Crippen molar-refractivity contribution in [2.24, 2.45) is 22.9 Å². The van der Waals surface area contributed by atoms with E-state index in [1.807, 2.05) is 0 Å². The molecule has 0 fully saturated rings. The molecule has 0 aliphatic rings. The molecule has 0 spiro atoms. The van der Waals surface area contributed by atoms with Gasteiger partial charge in [0, 0.05) is 62.8 Å². The molecule has 36 nitrogen and oxygen atoms in total. The fraction of sp³-hybridized carbons (Fsp3) is 0.426. The lowest BCUT2D eigenvalue weighted by Gasteiger charge is -2.29. The number of guanidine groups is 2. The van der Waals surface area contributed by atoms with E-state index < -0.39 is 157 Å². The Morgan fingerprint density at radius 3 is 1.18 bits per heavy atom. The minimum atomic E-state index is -1.95. The van der Waals surface area contributed by atoms with E-state index in [4.69, 9.17) is 33.8 Å². The number of nitrogens with one attached hydrogen (secondary N) is 15. The minimum Gasteiger partial charge on any atom is -0.508 e. The van der Waals surface area contributed by atoms with E-state index in [2.05, 4.69) is 68.8 Å². The largest absolute Gasteiger partial charge is 0.508 e. The molecular formula is C68H95N19O17. The van der Waals surface area contributed by atoms with E-state index >= 15 is 0 Å².